The van der Waals surface area contributed by atoms with E-state index in [9.17, 15) is 5.11 Å². The van der Waals surface area contributed by atoms with Crippen LogP contribution in [0.15, 0.2) is 55.1 Å². The minimum atomic E-state index is -0.801. The quantitative estimate of drug-likeness (QED) is 0.326. The van der Waals surface area contributed by atoms with Gasteiger partial charge in [-0.25, -0.2) is 0 Å². The monoisotopic (exact) mass is 455 g/mol. The van der Waals surface area contributed by atoms with Crippen molar-refractivity contribution < 1.29 is 5.11 Å². The van der Waals surface area contributed by atoms with Gasteiger partial charge in [0.25, 0.3) is 0 Å². The lowest BCUT2D eigenvalue weighted by molar-refractivity contribution is 0.110. The fourth-order valence-corrected chi connectivity index (χ4v) is 5.26. The molecule has 0 bridgehead atoms. The van der Waals surface area contributed by atoms with Crippen molar-refractivity contribution in [3.63, 3.8) is 0 Å². The molecule has 1 aliphatic rings. The second-order valence-electron chi connectivity index (χ2n) is 10.1. The normalized spacial score (nSPS) is 14.9. The molecular formula is C32H41NO. The van der Waals surface area contributed by atoms with E-state index in [-0.39, 0.29) is 5.41 Å². The Hall–Kier alpha value is -2.76. The van der Waals surface area contributed by atoms with E-state index in [2.05, 4.69) is 94.4 Å². The summed E-state index contributed by atoms with van der Waals surface area (Å²) in [6, 6.07) is 13.5. The predicted octanol–water partition coefficient (Wildman–Crippen LogP) is 7.20. The van der Waals surface area contributed by atoms with Crippen molar-refractivity contribution >= 4 is 5.70 Å². The molecule has 0 amide bonds. The predicted molar refractivity (Wildman–Crippen MR) is 146 cm³/mol. The van der Waals surface area contributed by atoms with E-state index in [1.807, 2.05) is 6.92 Å². The van der Waals surface area contributed by atoms with Crippen molar-refractivity contribution in [3.05, 3.63) is 88.5 Å². The summed E-state index contributed by atoms with van der Waals surface area (Å²) in [5.41, 5.74) is 8.39. The Morgan fingerprint density at radius 3 is 2.12 bits per heavy atom. The van der Waals surface area contributed by atoms with Crippen molar-refractivity contribution in [3.8, 4) is 11.8 Å². The Kier molecular flexibility index (Phi) is 8.11. The molecule has 1 fully saturated rings. The average molecular weight is 456 g/mol. The first kappa shape index (κ1) is 25.9. The second-order valence-corrected chi connectivity index (χ2v) is 10.1. The van der Waals surface area contributed by atoms with Gasteiger partial charge in [0.15, 0.2) is 0 Å². The Labute approximate surface area is 207 Å². The number of benzene rings is 2. The highest BCUT2D eigenvalue weighted by atomic mass is 16.3. The van der Waals surface area contributed by atoms with Crippen molar-refractivity contribution in [2.24, 2.45) is 0 Å². The molecule has 0 unspecified atom stereocenters. The smallest absolute Gasteiger partial charge is 0.125 e. The minimum Gasteiger partial charge on any atom is -0.381 e. The Morgan fingerprint density at radius 2 is 1.59 bits per heavy atom. The molecule has 3 rings (SSSR count). The first-order valence-electron chi connectivity index (χ1n) is 12.7. The van der Waals surface area contributed by atoms with Gasteiger partial charge in [0, 0.05) is 23.2 Å². The molecule has 2 nitrogen and oxygen atoms in total. The molecule has 0 radical (unpaired) electrons. The maximum absolute atomic E-state index is 10.6. The maximum Gasteiger partial charge on any atom is 0.125 e. The van der Waals surface area contributed by atoms with Gasteiger partial charge in [-0.15, -0.1) is 0 Å². The van der Waals surface area contributed by atoms with Gasteiger partial charge in [-0.05, 0) is 93.2 Å². The van der Waals surface area contributed by atoms with Crippen LogP contribution in [0.2, 0.25) is 0 Å². The summed E-state index contributed by atoms with van der Waals surface area (Å²) < 4.78 is 0. The van der Waals surface area contributed by atoms with Crippen molar-refractivity contribution in [2.45, 2.75) is 84.2 Å². The first-order chi connectivity index (χ1) is 16.1. The molecule has 2 heteroatoms. The van der Waals surface area contributed by atoms with Gasteiger partial charge in [-0.1, -0.05) is 74.8 Å². The number of aliphatic hydroxyl groups is 1. The molecule has 2 aromatic carbocycles. The van der Waals surface area contributed by atoms with Gasteiger partial charge in [0.05, 0.1) is 0 Å². The van der Waals surface area contributed by atoms with E-state index in [4.69, 9.17) is 0 Å². The van der Waals surface area contributed by atoms with Crippen LogP contribution in [0.1, 0.15) is 92.7 Å². The third-order valence-corrected chi connectivity index (χ3v) is 7.55. The van der Waals surface area contributed by atoms with E-state index < -0.39 is 5.60 Å². The molecule has 0 aromatic heterocycles. The van der Waals surface area contributed by atoms with Gasteiger partial charge in [0.2, 0.25) is 0 Å². The van der Waals surface area contributed by atoms with Gasteiger partial charge in [-0.2, -0.15) is 0 Å². The SMILES string of the molecule is C=C(C)CNC(=C)c1ccc(C(CC)(CC)c2ccc(C#CC3(O)CCCC3)c(C)c2)cc1C. The fourth-order valence-electron chi connectivity index (χ4n) is 5.26. The van der Waals surface area contributed by atoms with E-state index >= 15 is 0 Å². The zero-order chi connectivity index (χ0) is 24.9. The van der Waals surface area contributed by atoms with E-state index in [1.165, 1.54) is 22.3 Å². The summed E-state index contributed by atoms with van der Waals surface area (Å²) >= 11 is 0. The molecule has 0 saturated heterocycles. The third-order valence-electron chi connectivity index (χ3n) is 7.55. The lowest BCUT2D eigenvalue weighted by atomic mass is 9.69. The molecule has 2 aromatic rings. The highest BCUT2D eigenvalue weighted by molar-refractivity contribution is 5.66. The number of nitrogens with one attached hydrogen (secondary N) is 1. The molecule has 1 saturated carbocycles. The van der Waals surface area contributed by atoms with E-state index in [1.54, 1.807) is 0 Å². The Balaban J connectivity index is 1.93. The zero-order valence-electron chi connectivity index (χ0n) is 21.8. The van der Waals surface area contributed by atoms with Crippen LogP contribution in [0.5, 0.6) is 0 Å². The van der Waals surface area contributed by atoms with Gasteiger partial charge < -0.3 is 10.4 Å². The lowest BCUT2D eigenvalue weighted by Gasteiger charge is -2.34. The van der Waals surface area contributed by atoms with Gasteiger partial charge in [0.1, 0.15) is 5.60 Å². The molecule has 180 valence electrons. The van der Waals surface area contributed by atoms with Crippen LogP contribution < -0.4 is 5.32 Å². The van der Waals surface area contributed by atoms with Crippen LogP contribution in [0.4, 0.5) is 0 Å². The molecule has 1 aliphatic carbocycles. The number of hydrogen-bond acceptors (Lipinski definition) is 2. The summed E-state index contributed by atoms with van der Waals surface area (Å²) in [5.74, 6) is 6.44. The molecular weight excluding hydrogens is 414 g/mol. The van der Waals surface area contributed by atoms with Crippen LogP contribution in [0.3, 0.4) is 0 Å². The maximum atomic E-state index is 10.6. The summed E-state index contributed by atoms with van der Waals surface area (Å²) in [6.45, 7) is 19.8. The Bertz CT molecular complexity index is 1120. The topological polar surface area (TPSA) is 32.3 Å². The molecule has 0 aliphatic heterocycles. The summed E-state index contributed by atoms with van der Waals surface area (Å²) in [4.78, 5) is 0. The summed E-state index contributed by atoms with van der Waals surface area (Å²) in [6.07, 6.45) is 5.73. The number of hydrogen-bond donors (Lipinski definition) is 2. The minimum absolute atomic E-state index is 0.0594. The average Bonchev–Trinajstić information content (AvgIpc) is 3.25. The van der Waals surface area contributed by atoms with Crippen molar-refractivity contribution in [1.29, 1.82) is 0 Å². The van der Waals surface area contributed by atoms with Crippen molar-refractivity contribution in [2.75, 3.05) is 6.54 Å². The van der Waals surface area contributed by atoms with Crippen LogP contribution in [0, 0.1) is 25.7 Å². The molecule has 2 N–H and O–H groups in total. The number of rotatable bonds is 8. The van der Waals surface area contributed by atoms with Gasteiger partial charge in [-0.3, -0.25) is 0 Å². The fraction of sp³-hybridized carbons (Fsp3) is 0.438. The molecule has 0 atom stereocenters. The van der Waals surface area contributed by atoms with E-state index in [0.29, 0.717) is 0 Å². The lowest BCUT2D eigenvalue weighted by Crippen LogP contribution is -2.26. The number of aryl methyl sites for hydroxylation is 2. The highest BCUT2D eigenvalue weighted by Gasteiger charge is 2.32. The van der Waals surface area contributed by atoms with Crippen LogP contribution >= 0.6 is 0 Å². The van der Waals surface area contributed by atoms with Crippen LogP contribution in [-0.2, 0) is 5.41 Å². The van der Waals surface area contributed by atoms with E-state index in [0.717, 1.165) is 67.5 Å². The third kappa shape index (κ3) is 5.48. The standard InChI is InChI=1S/C32H41NO/c1-8-32(9-2,29-14-15-30(25(6)21-29)26(7)33-22-23(3)4)28-13-12-27(24(5)20-28)16-19-31(34)17-10-11-18-31/h12-15,20-21,33-34H,3,7-11,17-18,22H2,1-2,4-6H3. The molecule has 0 heterocycles. The molecule has 0 spiro atoms. The van der Waals surface area contributed by atoms with Crippen LogP contribution in [-0.4, -0.2) is 17.3 Å². The highest BCUT2D eigenvalue weighted by Crippen LogP contribution is 2.40. The Morgan fingerprint density at radius 1 is 1.00 bits per heavy atom. The second kappa shape index (κ2) is 10.7. The summed E-state index contributed by atoms with van der Waals surface area (Å²) in [5, 5.41) is 14.0. The largest absolute Gasteiger partial charge is 0.381 e. The first-order valence-corrected chi connectivity index (χ1v) is 12.7. The molecule has 34 heavy (non-hydrogen) atoms. The van der Waals surface area contributed by atoms with Gasteiger partial charge >= 0.3 is 0 Å². The van der Waals surface area contributed by atoms with Crippen molar-refractivity contribution in [1.82, 2.24) is 5.32 Å². The summed E-state index contributed by atoms with van der Waals surface area (Å²) in [7, 11) is 0. The van der Waals surface area contributed by atoms with Crippen LogP contribution in [0.25, 0.3) is 5.70 Å². The zero-order valence-corrected chi connectivity index (χ0v) is 21.8.